The van der Waals surface area contributed by atoms with E-state index in [9.17, 15) is 15.2 Å². The molecule has 0 unspecified atom stereocenters. The number of carboxylic acids is 1. The smallest absolute Gasteiger partial charge is 0.332 e. The van der Waals surface area contributed by atoms with Gasteiger partial charge in [0.25, 0.3) is 0 Å². The fourth-order valence-corrected chi connectivity index (χ4v) is 1.96. The Hall–Kier alpha value is -1.78. The fraction of sp³-hybridized carbons (Fsp3) is 0.600. The number of nitriles is 1. The molecule has 1 saturated carbocycles. The van der Waals surface area contributed by atoms with Gasteiger partial charge in [-0.2, -0.15) is 5.26 Å². The van der Waals surface area contributed by atoms with E-state index in [-0.39, 0.29) is 11.5 Å². The van der Waals surface area contributed by atoms with Crippen molar-refractivity contribution in [3.63, 3.8) is 0 Å². The number of carbonyl (C=O) groups is 1. The van der Waals surface area contributed by atoms with Crippen LogP contribution in [-0.2, 0) is 4.79 Å². The highest BCUT2D eigenvalue weighted by Crippen LogP contribution is 2.56. The second-order valence-electron chi connectivity index (χ2n) is 5.42. The summed E-state index contributed by atoms with van der Waals surface area (Å²) in [6.07, 6.45) is 1.26. The molecule has 1 atom stereocenters. The summed E-state index contributed by atoms with van der Waals surface area (Å²) in [5, 5.41) is 28.8. The molecule has 0 aromatic heterocycles. The third-order valence-electron chi connectivity index (χ3n) is 3.85. The number of aliphatic hydroxyl groups is 1. The maximum Gasteiger partial charge on any atom is 0.332 e. The van der Waals surface area contributed by atoms with Crippen LogP contribution < -0.4 is 0 Å². The Bertz CT molecular complexity index is 524. The second kappa shape index (κ2) is 5.07. The third kappa shape index (κ3) is 2.64. The number of hydrogen-bond acceptors (Lipinski definition) is 3. The van der Waals surface area contributed by atoms with Crippen LogP contribution in [0.3, 0.4) is 0 Å². The van der Waals surface area contributed by atoms with Gasteiger partial charge in [-0.05, 0) is 32.6 Å². The van der Waals surface area contributed by atoms with Gasteiger partial charge in [-0.1, -0.05) is 25.7 Å². The first kappa shape index (κ1) is 15.3. The first-order chi connectivity index (χ1) is 8.70. The van der Waals surface area contributed by atoms with Gasteiger partial charge in [0.2, 0.25) is 0 Å². The summed E-state index contributed by atoms with van der Waals surface area (Å²) in [6, 6.07) is 2.17. The highest BCUT2D eigenvalue weighted by Gasteiger charge is 2.60. The minimum atomic E-state index is -1.39. The molecule has 0 amide bonds. The van der Waals surface area contributed by atoms with Crippen molar-refractivity contribution in [2.24, 2.45) is 11.3 Å². The van der Waals surface area contributed by atoms with E-state index in [4.69, 9.17) is 5.11 Å². The van der Waals surface area contributed by atoms with E-state index >= 15 is 0 Å². The van der Waals surface area contributed by atoms with E-state index in [1.54, 1.807) is 6.92 Å². The molecule has 0 heterocycles. The highest BCUT2D eigenvalue weighted by atomic mass is 16.4. The van der Waals surface area contributed by atoms with Crippen molar-refractivity contribution in [3.05, 3.63) is 11.1 Å². The SMILES string of the molecule is C/C(C#C[C@](O)(C(C)C)C1(C#N)CC1)=C(\C)C(=O)O. The number of allylic oxidation sites excluding steroid dienone is 1. The summed E-state index contributed by atoms with van der Waals surface area (Å²) < 4.78 is 0. The van der Waals surface area contributed by atoms with Crippen molar-refractivity contribution < 1.29 is 15.0 Å². The normalized spacial score (nSPS) is 20.5. The molecule has 1 aliphatic carbocycles. The predicted molar refractivity (Wildman–Crippen MR) is 70.9 cm³/mol. The summed E-state index contributed by atoms with van der Waals surface area (Å²) in [6.45, 7) is 6.70. The Morgan fingerprint density at radius 2 is 1.89 bits per heavy atom. The molecule has 0 bridgehead atoms. The van der Waals surface area contributed by atoms with Crippen LogP contribution in [0.4, 0.5) is 0 Å². The second-order valence-corrected chi connectivity index (χ2v) is 5.42. The molecule has 1 rings (SSSR count). The zero-order chi connectivity index (χ0) is 14.8. The van der Waals surface area contributed by atoms with Crippen LogP contribution in [-0.4, -0.2) is 21.8 Å². The van der Waals surface area contributed by atoms with Crippen molar-refractivity contribution in [3.8, 4) is 17.9 Å². The monoisotopic (exact) mass is 261 g/mol. The molecule has 2 N–H and O–H groups in total. The molecule has 0 spiro atoms. The minimum Gasteiger partial charge on any atom is -0.478 e. The molecule has 0 aromatic carbocycles. The zero-order valence-electron chi connectivity index (χ0n) is 11.7. The van der Waals surface area contributed by atoms with Crippen LogP contribution in [0, 0.1) is 34.5 Å². The lowest BCUT2D eigenvalue weighted by atomic mass is 9.77. The van der Waals surface area contributed by atoms with E-state index in [0.29, 0.717) is 18.4 Å². The molecular weight excluding hydrogens is 242 g/mol. The molecule has 0 saturated heterocycles. The molecule has 102 valence electrons. The summed E-state index contributed by atoms with van der Waals surface area (Å²) >= 11 is 0. The lowest BCUT2D eigenvalue weighted by Gasteiger charge is -2.31. The Kier molecular flexibility index (Phi) is 4.08. The Morgan fingerprint density at radius 3 is 2.21 bits per heavy atom. The van der Waals surface area contributed by atoms with Crippen molar-refractivity contribution in [2.75, 3.05) is 0 Å². The number of hydrogen-bond donors (Lipinski definition) is 2. The van der Waals surface area contributed by atoms with Crippen molar-refractivity contribution in [1.82, 2.24) is 0 Å². The molecule has 4 nitrogen and oxygen atoms in total. The largest absolute Gasteiger partial charge is 0.478 e. The first-order valence-corrected chi connectivity index (χ1v) is 6.28. The van der Waals surface area contributed by atoms with E-state index < -0.39 is 17.0 Å². The summed E-state index contributed by atoms with van der Waals surface area (Å²) in [4.78, 5) is 10.8. The van der Waals surface area contributed by atoms with Crippen LogP contribution in [0.2, 0.25) is 0 Å². The summed E-state index contributed by atoms with van der Waals surface area (Å²) in [5.74, 6) is 4.24. The van der Waals surface area contributed by atoms with Gasteiger partial charge in [0.15, 0.2) is 0 Å². The Labute approximate surface area is 113 Å². The quantitative estimate of drug-likeness (QED) is 0.602. The molecule has 4 heteroatoms. The number of nitrogens with zero attached hydrogens (tertiary/aromatic N) is 1. The molecule has 0 aromatic rings. The molecular formula is C15H19NO3. The highest BCUT2D eigenvalue weighted by molar-refractivity contribution is 5.87. The van der Waals surface area contributed by atoms with Gasteiger partial charge in [-0.3, -0.25) is 0 Å². The van der Waals surface area contributed by atoms with Gasteiger partial charge in [-0.15, -0.1) is 0 Å². The molecule has 19 heavy (non-hydrogen) atoms. The van der Waals surface area contributed by atoms with E-state index in [0.717, 1.165) is 0 Å². The van der Waals surface area contributed by atoms with E-state index in [1.165, 1.54) is 6.92 Å². The van der Waals surface area contributed by atoms with Gasteiger partial charge in [0.05, 0.1) is 11.5 Å². The molecule has 1 aliphatic rings. The first-order valence-electron chi connectivity index (χ1n) is 6.28. The summed E-state index contributed by atoms with van der Waals surface area (Å²) in [5.41, 5.74) is -1.63. The topological polar surface area (TPSA) is 81.3 Å². The van der Waals surface area contributed by atoms with Crippen LogP contribution in [0.5, 0.6) is 0 Å². The Balaban J connectivity index is 3.18. The molecule has 1 fully saturated rings. The minimum absolute atomic E-state index is 0.153. The number of carboxylic acid groups (broad SMARTS) is 1. The summed E-state index contributed by atoms with van der Waals surface area (Å²) in [7, 11) is 0. The van der Waals surface area contributed by atoms with Gasteiger partial charge in [0, 0.05) is 11.1 Å². The average molecular weight is 261 g/mol. The van der Waals surface area contributed by atoms with Crippen molar-refractivity contribution >= 4 is 5.97 Å². The van der Waals surface area contributed by atoms with Gasteiger partial charge in [-0.25, -0.2) is 4.79 Å². The van der Waals surface area contributed by atoms with Gasteiger partial charge >= 0.3 is 5.97 Å². The fourth-order valence-electron chi connectivity index (χ4n) is 1.96. The van der Waals surface area contributed by atoms with Crippen LogP contribution in [0.1, 0.15) is 40.5 Å². The van der Waals surface area contributed by atoms with Crippen LogP contribution in [0.25, 0.3) is 0 Å². The van der Waals surface area contributed by atoms with Crippen LogP contribution in [0.15, 0.2) is 11.1 Å². The van der Waals surface area contributed by atoms with Gasteiger partial charge < -0.3 is 10.2 Å². The third-order valence-corrected chi connectivity index (χ3v) is 3.85. The number of aliphatic carboxylic acids is 1. The Morgan fingerprint density at radius 1 is 1.37 bits per heavy atom. The van der Waals surface area contributed by atoms with E-state index in [2.05, 4.69) is 17.9 Å². The number of rotatable bonds is 3. The van der Waals surface area contributed by atoms with Gasteiger partial charge in [0.1, 0.15) is 5.60 Å². The molecule has 0 radical (unpaired) electrons. The zero-order valence-corrected chi connectivity index (χ0v) is 11.7. The van der Waals surface area contributed by atoms with Crippen molar-refractivity contribution in [1.29, 1.82) is 5.26 Å². The maximum atomic E-state index is 10.8. The van der Waals surface area contributed by atoms with E-state index in [1.807, 2.05) is 13.8 Å². The van der Waals surface area contributed by atoms with Crippen molar-refractivity contribution in [2.45, 2.75) is 46.1 Å². The van der Waals surface area contributed by atoms with Crippen LogP contribution >= 0.6 is 0 Å². The molecule has 0 aliphatic heterocycles. The predicted octanol–water partition coefficient (Wildman–Crippen LogP) is 2.10. The standard InChI is InChI=1S/C15H19NO3/c1-10(2)15(19,14(9-16)7-8-14)6-5-11(3)12(4)13(17)18/h10,19H,7-8H2,1-4H3,(H,17,18)/b12-11-/t15-/m0/s1. The maximum absolute atomic E-state index is 10.8. The average Bonchev–Trinajstić information content (AvgIpc) is 3.15. The lowest BCUT2D eigenvalue weighted by molar-refractivity contribution is -0.132. The lowest BCUT2D eigenvalue weighted by Crippen LogP contribution is -2.42.